The predicted molar refractivity (Wildman–Crippen MR) is 109 cm³/mol. The number of hydrogen-bond donors (Lipinski definition) is 0. The van der Waals surface area contributed by atoms with Gasteiger partial charge >= 0.3 is 6.36 Å². The zero-order chi connectivity index (χ0) is 20.9. The van der Waals surface area contributed by atoms with Gasteiger partial charge in [-0.05, 0) is 29.8 Å². The summed E-state index contributed by atoms with van der Waals surface area (Å²) in [5.41, 5.74) is 1.63. The lowest BCUT2D eigenvalue weighted by Crippen LogP contribution is -2.42. The van der Waals surface area contributed by atoms with Gasteiger partial charge in [-0.3, -0.25) is 9.78 Å². The molecule has 3 aromatic rings. The van der Waals surface area contributed by atoms with E-state index in [4.69, 9.17) is 4.74 Å². The van der Waals surface area contributed by atoms with Gasteiger partial charge in [0.25, 0.3) is 0 Å². The Kier molecular flexibility index (Phi) is 5.05. The number of alkyl halides is 3. The standard InChI is InChI=1S/C22H15F3N2O3.ClH/c23-22(24,25)30-15-8-9-17-19(11-15)29-13-21(17)16-6-1-2-7-18(16)27(20(21)28)12-14-5-3-4-10-26-14;/h1-11H,12-13H2;1H. The molecule has 0 N–H and O–H groups in total. The van der Waals surface area contributed by atoms with Crippen molar-refractivity contribution in [3.05, 3.63) is 83.7 Å². The first-order chi connectivity index (χ1) is 14.4. The summed E-state index contributed by atoms with van der Waals surface area (Å²) in [7, 11) is 0. The first-order valence-corrected chi connectivity index (χ1v) is 9.23. The number of fused-ring (bicyclic) bond motifs is 4. The van der Waals surface area contributed by atoms with Crippen LogP contribution in [0.25, 0.3) is 0 Å². The highest BCUT2D eigenvalue weighted by atomic mass is 35.5. The van der Waals surface area contributed by atoms with Gasteiger partial charge in [-0.15, -0.1) is 25.6 Å². The average Bonchev–Trinajstić information content (AvgIpc) is 3.20. The lowest BCUT2D eigenvalue weighted by molar-refractivity contribution is -0.274. The van der Waals surface area contributed by atoms with E-state index in [-0.39, 0.29) is 43.0 Å². The molecule has 1 spiro atoms. The van der Waals surface area contributed by atoms with E-state index in [1.165, 1.54) is 18.2 Å². The fourth-order valence-electron chi connectivity index (χ4n) is 4.17. The SMILES string of the molecule is Cl.O=C1N(Cc2ccccn2)c2ccccc2C12COc1cc(OC(F)(F)F)ccc12. The first kappa shape index (κ1) is 21.0. The second-order valence-electron chi connectivity index (χ2n) is 7.13. The van der Waals surface area contributed by atoms with E-state index in [0.29, 0.717) is 5.56 Å². The second kappa shape index (κ2) is 7.46. The summed E-state index contributed by atoms with van der Waals surface area (Å²) in [4.78, 5) is 19.6. The fraction of sp³-hybridized carbons (Fsp3) is 0.182. The summed E-state index contributed by atoms with van der Waals surface area (Å²) >= 11 is 0. The summed E-state index contributed by atoms with van der Waals surface area (Å²) in [5.74, 6) is -0.375. The number of ether oxygens (including phenoxy) is 2. The van der Waals surface area contributed by atoms with E-state index in [9.17, 15) is 18.0 Å². The van der Waals surface area contributed by atoms with Crippen LogP contribution in [0.15, 0.2) is 66.9 Å². The highest BCUT2D eigenvalue weighted by Crippen LogP contribution is 2.53. The van der Waals surface area contributed by atoms with Gasteiger partial charge in [0, 0.05) is 23.5 Å². The predicted octanol–water partition coefficient (Wildman–Crippen LogP) is 4.63. The lowest BCUT2D eigenvalue weighted by Gasteiger charge is -2.23. The molecule has 5 rings (SSSR count). The van der Waals surface area contributed by atoms with E-state index >= 15 is 0 Å². The van der Waals surface area contributed by atoms with Crippen molar-refractivity contribution in [3.8, 4) is 11.5 Å². The molecule has 0 bridgehead atoms. The molecule has 0 saturated carbocycles. The Hall–Kier alpha value is -3.26. The number of rotatable bonds is 3. The highest BCUT2D eigenvalue weighted by molar-refractivity contribution is 6.11. The molecular weight excluding hydrogens is 433 g/mol. The largest absolute Gasteiger partial charge is 0.573 e. The Balaban J connectivity index is 0.00000231. The van der Waals surface area contributed by atoms with Crippen molar-refractivity contribution in [2.75, 3.05) is 11.5 Å². The van der Waals surface area contributed by atoms with E-state index in [0.717, 1.165) is 16.9 Å². The average molecular weight is 449 g/mol. The Morgan fingerprint density at radius 2 is 1.84 bits per heavy atom. The molecule has 9 heteroatoms. The van der Waals surface area contributed by atoms with Gasteiger partial charge in [0.2, 0.25) is 5.91 Å². The highest BCUT2D eigenvalue weighted by Gasteiger charge is 2.56. The number of pyridine rings is 1. The van der Waals surface area contributed by atoms with Crippen molar-refractivity contribution < 1.29 is 27.4 Å². The van der Waals surface area contributed by atoms with E-state index in [1.807, 2.05) is 36.4 Å². The minimum atomic E-state index is -4.81. The van der Waals surface area contributed by atoms with Crippen LogP contribution in [0, 0.1) is 0 Å². The molecule has 1 unspecified atom stereocenters. The smallest absolute Gasteiger partial charge is 0.491 e. The number of anilines is 1. The molecule has 2 aliphatic rings. The number of hydrogen-bond acceptors (Lipinski definition) is 4. The van der Waals surface area contributed by atoms with Gasteiger partial charge in [-0.2, -0.15) is 0 Å². The van der Waals surface area contributed by atoms with Crippen molar-refractivity contribution >= 4 is 24.0 Å². The molecule has 2 aromatic carbocycles. The third kappa shape index (κ3) is 3.37. The van der Waals surface area contributed by atoms with Crippen LogP contribution >= 0.6 is 12.4 Å². The molecule has 0 aliphatic carbocycles. The molecule has 5 nitrogen and oxygen atoms in total. The molecule has 2 aliphatic heterocycles. The number of amides is 1. The monoisotopic (exact) mass is 448 g/mol. The van der Waals surface area contributed by atoms with Crippen LogP contribution in [0.1, 0.15) is 16.8 Å². The summed E-state index contributed by atoms with van der Waals surface area (Å²) in [6, 6.07) is 16.7. The third-order valence-corrected chi connectivity index (χ3v) is 5.40. The Labute approximate surface area is 181 Å². The zero-order valence-corrected chi connectivity index (χ0v) is 16.7. The third-order valence-electron chi connectivity index (χ3n) is 5.40. The first-order valence-electron chi connectivity index (χ1n) is 9.23. The van der Waals surface area contributed by atoms with E-state index < -0.39 is 11.8 Å². The Morgan fingerprint density at radius 1 is 1.06 bits per heavy atom. The van der Waals surface area contributed by atoms with Crippen LogP contribution in [0.2, 0.25) is 0 Å². The van der Waals surface area contributed by atoms with Crippen LogP contribution in [0.4, 0.5) is 18.9 Å². The molecule has 3 heterocycles. The molecular formula is C22H16ClF3N2O3. The van der Waals surface area contributed by atoms with Crippen LogP contribution in [-0.2, 0) is 16.8 Å². The van der Waals surface area contributed by atoms with Gasteiger partial charge < -0.3 is 14.4 Å². The maximum atomic E-state index is 13.7. The van der Waals surface area contributed by atoms with Gasteiger partial charge in [-0.25, -0.2) is 0 Å². The van der Waals surface area contributed by atoms with Crippen LogP contribution in [0.3, 0.4) is 0 Å². The number of para-hydroxylation sites is 1. The molecule has 31 heavy (non-hydrogen) atoms. The van der Waals surface area contributed by atoms with Crippen molar-refractivity contribution in [1.82, 2.24) is 4.98 Å². The minimum absolute atomic E-state index is 0. The molecule has 160 valence electrons. The van der Waals surface area contributed by atoms with Crippen LogP contribution < -0.4 is 14.4 Å². The Bertz CT molecular complexity index is 1140. The number of carbonyl (C=O) groups excluding carboxylic acids is 1. The minimum Gasteiger partial charge on any atom is -0.491 e. The fourth-order valence-corrected chi connectivity index (χ4v) is 4.17. The van der Waals surface area contributed by atoms with E-state index in [2.05, 4.69) is 9.72 Å². The summed E-state index contributed by atoms with van der Waals surface area (Å²) in [5, 5.41) is 0. The molecule has 0 fully saturated rings. The molecule has 0 saturated heterocycles. The van der Waals surface area contributed by atoms with Gasteiger partial charge in [0.05, 0.1) is 12.2 Å². The number of aromatic nitrogens is 1. The van der Waals surface area contributed by atoms with Crippen molar-refractivity contribution in [2.24, 2.45) is 0 Å². The van der Waals surface area contributed by atoms with Crippen molar-refractivity contribution in [2.45, 2.75) is 18.3 Å². The summed E-state index contributed by atoms with van der Waals surface area (Å²) in [6.07, 6.45) is -3.15. The normalized spacial score (nSPS) is 18.9. The topological polar surface area (TPSA) is 51.7 Å². The van der Waals surface area contributed by atoms with Crippen LogP contribution in [-0.4, -0.2) is 23.9 Å². The number of nitrogens with zero attached hydrogens (tertiary/aromatic N) is 2. The molecule has 1 atom stereocenters. The van der Waals surface area contributed by atoms with Gasteiger partial charge in [0.15, 0.2) is 0 Å². The van der Waals surface area contributed by atoms with Gasteiger partial charge in [0.1, 0.15) is 23.5 Å². The number of halogens is 4. The second-order valence-corrected chi connectivity index (χ2v) is 7.13. The quantitative estimate of drug-likeness (QED) is 0.586. The molecule has 1 aromatic heterocycles. The van der Waals surface area contributed by atoms with Crippen molar-refractivity contribution in [1.29, 1.82) is 0 Å². The van der Waals surface area contributed by atoms with Crippen LogP contribution in [0.5, 0.6) is 11.5 Å². The summed E-state index contributed by atoms with van der Waals surface area (Å²) < 4.78 is 47.4. The summed E-state index contributed by atoms with van der Waals surface area (Å²) in [6.45, 7) is 0.287. The molecule has 1 amide bonds. The lowest BCUT2D eigenvalue weighted by atomic mass is 9.77. The maximum absolute atomic E-state index is 13.7. The number of carbonyl (C=O) groups is 1. The van der Waals surface area contributed by atoms with Crippen molar-refractivity contribution in [3.63, 3.8) is 0 Å². The van der Waals surface area contributed by atoms with E-state index in [1.54, 1.807) is 17.2 Å². The molecule has 0 radical (unpaired) electrons. The van der Waals surface area contributed by atoms with Gasteiger partial charge in [-0.1, -0.05) is 30.3 Å². The Morgan fingerprint density at radius 3 is 2.58 bits per heavy atom. The number of benzene rings is 2. The maximum Gasteiger partial charge on any atom is 0.573 e. The zero-order valence-electron chi connectivity index (χ0n) is 15.9.